The molecule has 4 nitrogen and oxygen atoms in total. The maximum absolute atomic E-state index is 10.9. The van der Waals surface area contributed by atoms with Crippen LogP contribution in [0, 0.1) is 22.7 Å². The van der Waals surface area contributed by atoms with E-state index in [1.807, 2.05) is 27.7 Å². The largest absolute Gasteiger partial charge is 0.388 e. The molecule has 3 aliphatic carbocycles. The lowest BCUT2D eigenvalue weighted by atomic mass is 9.40. The second-order valence-electron chi connectivity index (χ2n) is 14.0. The van der Waals surface area contributed by atoms with Crippen LogP contribution in [-0.2, 0) is 21.3 Å². The van der Waals surface area contributed by atoms with Gasteiger partial charge >= 0.3 is 0 Å². The van der Waals surface area contributed by atoms with Crippen molar-refractivity contribution in [3.05, 3.63) is 35.5 Å². The van der Waals surface area contributed by atoms with E-state index in [1.54, 1.807) is 5.56 Å². The van der Waals surface area contributed by atoms with Gasteiger partial charge in [-0.05, 0) is 107 Å². The van der Waals surface area contributed by atoms with Crippen molar-refractivity contribution in [1.82, 2.24) is 4.98 Å². The molecule has 1 aliphatic heterocycles. The summed E-state index contributed by atoms with van der Waals surface area (Å²) in [6.07, 6.45) is 7.86. The van der Waals surface area contributed by atoms with Gasteiger partial charge in [0.25, 0.3) is 0 Å². The number of aromatic nitrogens is 1. The quantitative estimate of drug-likeness (QED) is 0.468. The van der Waals surface area contributed by atoms with Gasteiger partial charge in [-0.2, -0.15) is 0 Å². The molecule has 7 atom stereocenters. The van der Waals surface area contributed by atoms with Gasteiger partial charge in [-0.1, -0.05) is 39.0 Å². The van der Waals surface area contributed by atoms with Crippen LogP contribution < -0.4 is 0 Å². The lowest BCUT2D eigenvalue weighted by molar-refractivity contribution is -0.327. The number of rotatable bonds is 1. The normalized spacial score (nSPS) is 43.0. The Morgan fingerprint density at radius 3 is 2.43 bits per heavy atom. The van der Waals surface area contributed by atoms with Crippen molar-refractivity contribution in [1.29, 1.82) is 0 Å². The first-order chi connectivity index (χ1) is 16.3. The molecule has 6 rings (SSSR count). The highest BCUT2D eigenvalue weighted by atomic mass is 16.7. The zero-order chi connectivity index (χ0) is 25.0. The minimum atomic E-state index is -0.893. The van der Waals surface area contributed by atoms with E-state index < -0.39 is 11.4 Å². The van der Waals surface area contributed by atoms with Crippen LogP contribution in [0.15, 0.2) is 24.3 Å². The van der Waals surface area contributed by atoms with Gasteiger partial charge in [-0.25, -0.2) is 0 Å². The Hall–Kier alpha value is -1.36. The molecule has 35 heavy (non-hydrogen) atoms. The molecular formula is C31H45NO3. The molecule has 0 bridgehead atoms. The van der Waals surface area contributed by atoms with Gasteiger partial charge in [-0.3, -0.25) is 0 Å². The van der Waals surface area contributed by atoms with E-state index >= 15 is 0 Å². The van der Waals surface area contributed by atoms with Crippen LogP contribution in [0.5, 0.6) is 0 Å². The third-order valence-corrected chi connectivity index (χ3v) is 11.4. The highest BCUT2D eigenvalue weighted by Crippen LogP contribution is 2.71. The van der Waals surface area contributed by atoms with Crippen molar-refractivity contribution in [2.45, 2.75) is 122 Å². The molecule has 4 aliphatic rings. The summed E-state index contributed by atoms with van der Waals surface area (Å²) in [5, 5.41) is 12.3. The van der Waals surface area contributed by atoms with Gasteiger partial charge in [0.05, 0.1) is 17.8 Å². The number of para-hydroxylation sites is 1. The molecule has 4 heteroatoms. The fourth-order valence-electron chi connectivity index (χ4n) is 9.42. The number of hydrogen-bond donors (Lipinski definition) is 2. The molecule has 2 N–H and O–H groups in total. The van der Waals surface area contributed by atoms with Crippen molar-refractivity contribution >= 4 is 10.9 Å². The second-order valence-corrected chi connectivity index (χ2v) is 14.0. The van der Waals surface area contributed by atoms with Crippen molar-refractivity contribution in [2.24, 2.45) is 22.7 Å². The average molecular weight is 480 g/mol. The number of hydrogen-bond acceptors (Lipinski definition) is 3. The van der Waals surface area contributed by atoms with Crippen molar-refractivity contribution in [2.75, 3.05) is 0 Å². The predicted octanol–water partition coefficient (Wildman–Crippen LogP) is 6.89. The van der Waals surface area contributed by atoms with Gasteiger partial charge in [0.1, 0.15) is 0 Å². The van der Waals surface area contributed by atoms with Gasteiger partial charge in [-0.15, -0.1) is 0 Å². The molecule has 2 aromatic rings. The van der Waals surface area contributed by atoms with E-state index in [9.17, 15) is 5.11 Å². The summed E-state index contributed by atoms with van der Waals surface area (Å²) in [5.41, 5.74) is 3.89. The SMILES string of the molecule is CC1(C)O[C@H](C(C)(C)O)CC[C@@]2(C)C3CC[C@H]4Cc5c([nH]c6ccccc56)[C@]4(C)[C@@]3(C)CC[C@@H]2O1. The van der Waals surface area contributed by atoms with Crippen LogP contribution >= 0.6 is 0 Å². The number of aromatic amines is 1. The van der Waals surface area contributed by atoms with Crippen LogP contribution in [0.4, 0.5) is 0 Å². The third-order valence-electron chi connectivity index (χ3n) is 11.4. The predicted molar refractivity (Wildman–Crippen MR) is 140 cm³/mol. The highest BCUT2D eigenvalue weighted by molar-refractivity contribution is 5.86. The number of benzene rings is 1. The number of aliphatic hydroxyl groups is 1. The summed E-state index contributed by atoms with van der Waals surface area (Å²) in [4.78, 5) is 3.94. The van der Waals surface area contributed by atoms with Crippen LogP contribution in [0.2, 0.25) is 0 Å². The molecule has 3 fully saturated rings. The minimum absolute atomic E-state index is 0.0559. The molecule has 2 saturated carbocycles. The van der Waals surface area contributed by atoms with Gasteiger partial charge in [0, 0.05) is 22.0 Å². The first kappa shape index (κ1) is 24.0. The Kier molecular flexibility index (Phi) is 5.05. The number of H-pyrrole nitrogens is 1. The smallest absolute Gasteiger partial charge is 0.163 e. The van der Waals surface area contributed by atoms with Gasteiger partial charge in [0.15, 0.2) is 5.79 Å². The third kappa shape index (κ3) is 3.21. The average Bonchev–Trinajstić information content (AvgIpc) is 3.27. The molecule has 1 saturated heterocycles. The second kappa shape index (κ2) is 7.36. The maximum atomic E-state index is 10.9. The lowest BCUT2D eigenvalue weighted by Crippen LogP contribution is -2.64. The van der Waals surface area contributed by atoms with Crippen LogP contribution in [0.1, 0.15) is 98.2 Å². The molecule has 0 amide bonds. The van der Waals surface area contributed by atoms with Gasteiger partial charge < -0.3 is 19.6 Å². The molecular weight excluding hydrogens is 434 g/mol. The molecule has 1 unspecified atom stereocenters. The Morgan fingerprint density at radius 1 is 0.943 bits per heavy atom. The Morgan fingerprint density at radius 2 is 1.69 bits per heavy atom. The monoisotopic (exact) mass is 479 g/mol. The summed E-state index contributed by atoms with van der Waals surface area (Å²) in [7, 11) is 0. The highest BCUT2D eigenvalue weighted by Gasteiger charge is 2.67. The molecule has 2 heterocycles. The Balaban J connectivity index is 1.43. The summed E-state index contributed by atoms with van der Waals surface area (Å²) < 4.78 is 13.2. The molecule has 192 valence electrons. The van der Waals surface area contributed by atoms with Crippen LogP contribution in [-0.4, -0.2) is 33.7 Å². The molecule has 0 radical (unpaired) electrons. The van der Waals surface area contributed by atoms with E-state index in [-0.39, 0.29) is 28.5 Å². The Labute approximate surface area is 211 Å². The standard InChI is InChI=1S/C31H45NO3/c1-27(2,33)24-14-16-29(5)23-13-12-19-18-21-20-10-8-9-11-22(20)32-26(21)31(19,7)30(23,6)17-15-25(29)35-28(3,4)34-24/h8-11,19,23-25,32-33H,12-18H2,1-7H3/t19-,23?,24-,25-,29-,30-,31+/m0/s1. The van der Waals surface area contributed by atoms with Crippen molar-refractivity contribution in [3.63, 3.8) is 0 Å². The first-order valence-corrected chi connectivity index (χ1v) is 14.0. The van der Waals surface area contributed by atoms with E-state index in [2.05, 4.69) is 50.0 Å². The number of nitrogens with one attached hydrogen (secondary N) is 1. The number of fused-ring (bicyclic) bond motifs is 9. The zero-order valence-corrected chi connectivity index (χ0v) is 22.8. The topological polar surface area (TPSA) is 54.5 Å². The van der Waals surface area contributed by atoms with E-state index in [0.29, 0.717) is 11.8 Å². The van der Waals surface area contributed by atoms with Crippen LogP contribution in [0.3, 0.4) is 0 Å². The Bertz CT molecular complexity index is 1140. The van der Waals surface area contributed by atoms with Crippen molar-refractivity contribution in [3.8, 4) is 0 Å². The lowest BCUT2D eigenvalue weighted by Gasteiger charge is -2.66. The van der Waals surface area contributed by atoms with E-state index in [4.69, 9.17) is 9.47 Å². The van der Waals surface area contributed by atoms with Gasteiger partial charge in [0.2, 0.25) is 0 Å². The summed E-state index contributed by atoms with van der Waals surface area (Å²) >= 11 is 0. The van der Waals surface area contributed by atoms with Crippen molar-refractivity contribution < 1.29 is 14.6 Å². The summed E-state index contributed by atoms with van der Waals surface area (Å²) in [6, 6.07) is 8.89. The number of ether oxygens (including phenoxy) is 2. The van der Waals surface area contributed by atoms with E-state index in [1.165, 1.54) is 42.3 Å². The maximum Gasteiger partial charge on any atom is 0.163 e. The molecule has 1 aromatic carbocycles. The minimum Gasteiger partial charge on any atom is -0.388 e. The summed E-state index contributed by atoms with van der Waals surface area (Å²) in [6.45, 7) is 15.5. The van der Waals surface area contributed by atoms with E-state index in [0.717, 1.165) is 19.3 Å². The zero-order valence-electron chi connectivity index (χ0n) is 22.8. The van der Waals surface area contributed by atoms with Crippen LogP contribution in [0.25, 0.3) is 10.9 Å². The fraction of sp³-hybridized carbons (Fsp3) is 0.742. The molecule has 0 spiro atoms. The molecule has 1 aromatic heterocycles. The fourth-order valence-corrected chi connectivity index (χ4v) is 9.42. The first-order valence-electron chi connectivity index (χ1n) is 14.0. The summed E-state index contributed by atoms with van der Waals surface area (Å²) in [5.74, 6) is 0.570.